The summed E-state index contributed by atoms with van der Waals surface area (Å²) in [5.74, 6) is -1.65. The van der Waals surface area contributed by atoms with Crippen LogP contribution in [-0.2, 0) is 6.42 Å². The van der Waals surface area contributed by atoms with Crippen molar-refractivity contribution in [2.24, 2.45) is 0 Å². The lowest BCUT2D eigenvalue weighted by Crippen LogP contribution is -2.19. The Labute approximate surface area is 122 Å². The predicted molar refractivity (Wildman–Crippen MR) is 79.1 cm³/mol. The molecule has 3 nitrogen and oxygen atoms in total. The summed E-state index contributed by atoms with van der Waals surface area (Å²) >= 11 is 0. The van der Waals surface area contributed by atoms with Crippen molar-refractivity contribution in [3.63, 3.8) is 0 Å². The van der Waals surface area contributed by atoms with Crippen LogP contribution in [0.4, 0.5) is 10.1 Å². The van der Waals surface area contributed by atoms with Crippen LogP contribution in [0.1, 0.15) is 40.4 Å². The van der Waals surface area contributed by atoms with Crippen LogP contribution in [0.5, 0.6) is 0 Å². The van der Waals surface area contributed by atoms with Gasteiger partial charge in [0.05, 0.1) is 17.3 Å². The molecule has 0 spiro atoms. The Morgan fingerprint density at radius 3 is 2.81 bits per heavy atom. The number of carbonyl (C=O) groups is 1. The second kappa shape index (κ2) is 5.56. The Morgan fingerprint density at radius 2 is 2.00 bits per heavy atom. The van der Waals surface area contributed by atoms with Crippen LogP contribution < -0.4 is 5.32 Å². The molecule has 0 aromatic heterocycles. The molecular formula is C17H16FNO2. The number of fused-ring (bicyclic) bond motifs is 1. The maximum atomic E-state index is 14.0. The van der Waals surface area contributed by atoms with Gasteiger partial charge in [0.25, 0.3) is 0 Å². The molecule has 0 aliphatic heterocycles. The molecule has 4 heteroatoms. The number of carboxylic acid groups (broad SMARTS) is 1. The second-order valence-corrected chi connectivity index (χ2v) is 5.26. The van der Waals surface area contributed by atoms with Crippen LogP contribution in [0.15, 0.2) is 42.5 Å². The van der Waals surface area contributed by atoms with Crippen molar-refractivity contribution in [1.82, 2.24) is 0 Å². The van der Waals surface area contributed by atoms with Gasteiger partial charge >= 0.3 is 5.97 Å². The topological polar surface area (TPSA) is 49.3 Å². The number of rotatable bonds is 3. The molecule has 108 valence electrons. The van der Waals surface area contributed by atoms with Gasteiger partial charge < -0.3 is 10.4 Å². The molecule has 0 fully saturated rings. The summed E-state index contributed by atoms with van der Waals surface area (Å²) in [6, 6.07) is 12.1. The molecule has 1 aliphatic carbocycles. The van der Waals surface area contributed by atoms with E-state index in [0.29, 0.717) is 0 Å². The number of anilines is 1. The number of hydrogen-bond donors (Lipinski definition) is 2. The summed E-state index contributed by atoms with van der Waals surface area (Å²) in [4.78, 5) is 11.3. The lowest BCUT2D eigenvalue weighted by atomic mass is 9.87. The molecule has 0 radical (unpaired) electrons. The molecule has 2 aromatic carbocycles. The Bertz CT molecular complexity index is 684. The first-order valence-corrected chi connectivity index (χ1v) is 7.03. The number of aromatic carboxylic acids is 1. The number of nitrogens with one attached hydrogen (secondary N) is 1. The van der Waals surface area contributed by atoms with Crippen LogP contribution in [0.3, 0.4) is 0 Å². The van der Waals surface area contributed by atoms with Gasteiger partial charge in [0.15, 0.2) is 0 Å². The van der Waals surface area contributed by atoms with Crippen LogP contribution >= 0.6 is 0 Å². The largest absolute Gasteiger partial charge is 0.478 e. The smallest absolute Gasteiger partial charge is 0.337 e. The summed E-state index contributed by atoms with van der Waals surface area (Å²) in [6.07, 6.45) is 2.88. The van der Waals surface area contributed by atoms with Crippen molar-refractivity contribution in [1.29, 1.82) is 0 Å². The highest BCUT2D eigenvalue weighted by Gasteiger charge is 2.23. The Balaban J connectivity index is 1.97. The van der Waals surface area contributed by atoms with Gasteiger partial charge in [-0.25, -0.2) is 9.18 Å². The molecule has 1 aliphatic rings. The van der Waals surface area contributed by atoms with Crippen LogP contribution in [-0.4, -0.2) is 11.1 Å². The minimum absolute atomic E-state index is 0.0296. The van der Waals surface area contributed by atoms with E-state index in [1.54, 1.807) is 0 Å². The third-order valence-electron chi connectivity index (χ3n) is 3.93. The zero-order chi connectivity index (χ0) is 14.8. The fourth-order valence-electron chi connectivity index (χ4n) is 2.93. The standard InChI is InChI=1S/C17H16FNO2/c18-14-9-4-8-13(17(20)21)16(14)19-15-10-3-6-11-5-1-2-7-12(11)15/h1-2,4-5,7-9,15,19H,3,6,10H2,(H,20,21). The molecule has 1 atom stereocenters. The SMILES string of the molecule is O=C(O)c1cccc(F)c1NC1CCCc2ccccc21. The maximum absolute atomic E-state index is 14.0. The lowest BCUT2D eigenvalue weighted by Gasteiger charge is -2.28. The highest BCUT2D eigenvalue weighted by molar-refractivity contribution is 5.94. The third-order valence-corrected chi connectivity index (χ3v) is 3.93. The first-order chi connectivity index (χ1) is 10.2. The minimum atomic E-state index is -1.12. The normalized spacial score (nSPS) is 17.1. The predicted octanol–water partition coefficient (Wildman–Crippen LogP) is 4.01. The zero-order valence-electron chi connectivity index (χ0n) is 11.5. The Kier molecular flexibility index (Phi) is 3.60. The van der Waals surface area contributed by atoms with E-state index in [4.69, 9.17) is 0 Å². The van der Waals surface area contributed by atoms with Crippen molar-refractivity contribution in [3.8, 4) is 0 Å². The summed E-state index contributed by atoms with van der Waals surface area (Å²) in [7, 11) is 0. The van der Waals surface area contributed by atoms with Gasteiger partial charge in [0, 0.05) is 0 Å². The fraction of sp³-hybridized carbons (Fsp3) is 0.235. The van der Waals surface area contributed by atoms with Gasteiger partial charge in [-0.1, -0.05) is 30.3 Å². The van der Waals surface area contributed by atoms with E-state index >= 15 is 0 Å². The summed E-state index contributed by atoms with van der Waals surface area (Å²) < 4.78 is 14.0. The molecule has 2 aromatic rings. The van der Waals surface area contributed by atoms with E-state index in [2.05, 4.69) is 11.4 Å². The summed E-state index contributed by atoms with van der Waals surface area (Å²) in [6.45, 7) is 0. The zero-order valence-corrected chi connectivity index (χ0v) is 11.5. The van der Waals surface area contributed by atoms with Gasteiger partial charge in [0.1, 0.15) is 5.82 Å². The van der Waals surface area contributed by atoms with E-state index in [1.807, 2.05) is 18.2 Å². The number of hydrogen-bond acceptors (Lipinski definition) is 2. The van der Waals surface area contributed by atoms with Crippen molar-refractivity contribution in [2.45, 2.75) is 25.3 Å². The number of aryl methyl sites for hydroxylation is 1. The molecule has 1 unspecified atom stereocenters. The maximum Gasteiger partial charge on any atom is 0.337 e. The van der Waals surface area contributed by atoms with E-state index in [0.717, 1.165) is 24.8 Å². The average molecular weight is 285 g/mol. The average Bonchev–Trinajstić information content (AvgIpc) is 2.49. The Hall–Kier alpha value is -2.36. The van der Waals surface area contributed by atoms with Crippen LogP contribution in [0, 0.1) is 5.82 Å². The molecule has 3 rings (SSSR count). The van der Waals surface area contributed by atoms with Crippen molar-refractivity contribution >= 4 is 11.7 Å². The molecule has 0 amide bonds. The van der Waals surface area contributed by atoms with Gasteiger partial charge in [0.2, 0.25) is 0 Å². The van der Waals surface area contributed by atoms with Gasteiger partial charge in [-0.15, -0.1) is 0 Å². The number of halogens is 1. The lowest BCUT2D eigenvalue weighted by molar-refractivity contribution is 0.0697. The first-order valence-electron chi connectivity index (χ1n) is 7.03. The number of benzene rings is 2. The fourth-order valence-corrected chi connectivity index (χ4v) is 2.93. The van der Waals surface area contributed by atoms with E-state index < -0.39 is 11.8 Å². The summed E-state index contributed by atoms with van der Waals surface area (Å²) in [5.41, 5.74) is 2.42. The van der Waals surface area contributed by atoms with E-state index in [9.17, 15) is 14.3 Å². The highest BCUT2D eigenvalue weighted by Crippen LogP contribution is 2.34. The molecule has 0 saturated heterocycles. The van der Waals surface area contributed by atoms with Gasteiger partial charge in [-0.05, 0) is 42.5 Å². The quantitative estimate of drug-likeness (QED) is 0.895. The molecule has 0 saturated carbocycles. The summed E-state index contributed by atoms with van der Waals surface area (Å²) in [5, 5.41) is 12.3. The molecule has 0 heterocycles. The second-order valence-electron chi connectivity index (χ2n) is 5.26. The number of para-hydroxylation sites is 1. The molecule has 21 heavy (non-hydrogen) atoms. The van der Waals surface area contributed by atoms with Crippen molar-refractivity contribution < 1.29 is 14.3 Å². The molecule has 2 N–H and O–H groups in total. The van der Waals surface area contributed by atoms with Gasteiger partial charge in [-0.3, -0.25) is 0 Å². The monoisotopic (exact) mass is 285 g/mol. The minimum Gasteiger partial charge on any atom is -0.478 e. The van der Waals surface area contributed by atoms with Crippen LogP contribution in [0.25, 0.3) is 0 Å². The van der Waals surface area contributed by atoms with Gasteiger partial charge in [-0.2, -0.15) is 0 Å². The Morgan fingerprint density at radius 1 is 1.19 bits per heavy atom. The molecular weight excluding hydrogens is 269 g/mol. The van der Waals surface area contributed by atoms with Crippen LogP contribution in [0.2, 0.25) is 0 Å². The number of carboxylic acids is 1. The third kappa shape index (κ3) is 2.61. The first kappa shape index (κ1) is 13.6. The van der Waals surface area contributed by atoms with E-state index in [1.165, 1.54) is 23.8 Å². The highest BCUT2D eigenvalue weighted by atomic mass is 19.1. The molecule has 0 bridgehead atoms. The van der Waals surface area contributed by atoms with Crippen molar-refractivity contribution in [2.75, 3.05) is 5.32 Å². The van der Waals surface area contributed by atoms with E-state index in [-0.39, 0.29) is 17.3 Å². The van der Waals surface area contributed by atoms with Crippen molar-refractivity contribution in [3.05, 3.63) is 65.0 Å².